The third-order valence-corrected chi connectivity index (χ3v) is 16.6. The van der Waals surface area contributed by atoms with Crippen molar-refractivity contribution in [3.8, 4) is 0 Å². The fourth-order valence-corrected chi connectivity index (χ4v) is 11.2. The summed E-state index contributed by atoms with van der Waals surface area (Å²) in [6.45, 7) is 4.97. The average molecular weight is 1070 g/mol. The molecule has 0 aromatic rings. The zero-order valence-corrected chi connectivity index (χ0v) is 51.8. The molecular weight excluding hydrogens is 935 g/mol. The molecule has 0 saturated heterocycles. The van der Waals surface area contributed by atoms with Gasteiger partial charge in [-0.3, -0.25) is 9.59 Å². The molecule has 1 amide bonds. The Labute approximate surface area is 476 Å². The summed E-state index contributed by atoms with van der Waals surface area (Å²) in [7, 11) is 0. The van der Waals surface area contributed by atoms with Crippen molar-refractivity contribution < 1.29 is 24.5 Å². The number of carbonyl (C=O) groups is 2. The molecule has 0 fully saturated rings. The van der Waals surface area contributed by atoms with Gasteiger partial charge in [-0.2, -0.15) is 0 Å². The fraction of sp³-hybridized carbons (Fsp3) is 0.943. The molecule has 0 rings (SSSR count). The highest BCUT2D eigenvalue weighted by molar-refractivity contribution is 5.76. The Morgan fingerprint density at radius 1 is 0.355 bits per heavy atom. The van der Waals surface area contributed by atoms with Crippen LogP contribution >= 0.6 is 0 Å². The second kappa shape index (κ2) is 66.1. The first-order chi connectivity index (χ1) is 37.5. The van der Waals surface area contributed by atoms with Gasteiger partial charge < -0.3 is 20.3 Å². The predicted octanol–water partition coefficient (Wildman–Crippen LogP) is 22.4. The summed E-state index contributed by atoms with van der Waals surface area (Å²) < 4.78 is 5.48. The minimum atomic E-state index is -0.660. The molecule has 2 atom stereocenters. The van der Waals surface area contributed by atoms with E-state index in [2.05, 4.69) is 31.3 Å². The largest absolute Gasteiger partial charge is 0.466 e. The molecule has 3 N–H and O–H groups in total. The Balaban J connectivity index is 3.31. The second-order valence-electron chi connectivity index (χ2n) is 24.2. The van der Waals surface area contributed by atoms with Gasteiger partial charge in [0.05, 0.1) is 25.4 Å². The number of hydrogen-bond donors (Lipinski definition) is 3. The van der Waals surface area contributed by atoms with Crippen molar-refractivity contribution in [2.24, 2.45) is 0 Å². The lowest BCUT2D eigenvalue weighted by molar-refractivity contribution is -0.143. The van der Waals surface area contributed by atoms with Crippen LogP contribution in [0.5, 0.6) is 0 Å². The molecule has 0 radical (unpaired) electrons. The van der Waals surface area contributed by atoms with Gasteiger partial charge in [0.2, 0.25) is 5.91 Å². The van der Waals surface area contributed by atoms with Gasteiger partial charge in [0.15, 0.2) is 0 Å². The number of unbranched alkanes of at least 4 members (excludes halogenated alkanes) is 53. The number of aliphatic hydroxyl groups is 2. The lowest BCUT2D eigenvalue weighted by atomic mass is 10.0. The maximum atomic E-state index is 12.5. The number of aliphatic hydroxyl groups excluding tert-OH is 2. The second-order valence-corrected chi connectivity index (χ2v) is 24.2. The lowest BCUT2D eigenvalue weighted by Gasteiger charge is -2.22. The van der Waals surface area contributed by atoms with E-state index in [-0.39, 0.29) is 18.5 Å². The molecule has 6 heteroatoms. The zero-order valence-electron chi connectivity index (χ0n) is 51.8. The van der Waals surface area contributed by atoms with E-state index in [1.54, 1.807) is 0 Å². The average Bonchev–Trinajstić information content (AvgIpc) is 3.42. The Hall–Kier alpha value is -1.40. The monoisotopic (exact) mass is 1070 g/mol. The molecule has 6 nitrogen and oxygen atoms in total. The van der Waals surface area contributed by atoms with Crippen LogP contribution < -0.4 is 5.32 Å². The molecule has 2 unspecified atom stereocenters. The van der Waals surface area contributed by atoms with Crippen LogP contribution in [0.2, 0.25) is 0 Å². The van der Waals surface area contributed by atoms with Gasteiger partial charge >= 0.3 is 5.97 Å². The normalized spacial score (nSPS) is 12.5. The lowest BCUT2D eigenvalue weighted by Crippen LogP contribution is -2.45. The standard InChI is InChI=1S/C70H137NO5/c1-3-5-7-9-11-13-15-17-39-42-46-50-54-58-62-68(73)67(66-72)71-69(74)63-59-55-51-47-43-40-36-34-32-30-28-26-24-22-20-18-19-21-23-25-27-29-31-33-35-37-41-45-49-53-57-61-65-76-70(75)64-60-56-52-48-44-38-16-14-12-10-8-6-4-2/h14,16,67-68,72-73H,3-13,15,17-66H2,1-2H3,(H,71,74)/b16-14-. The number of allylic oxidation sites excluding steroid dienone is 2. The van der Waals surface area contributed by atoms with E-state index in [4.69, 9.17) is 4.74 Å². The van der Waals surface area contributed by atoms with E-state index >= 15 is 0 Å². The number of hydrogen-bond acceptors (Lipinski definition) is 5. The Kier molecular flexibility index (Phi) is 64.9. The van der Waals surface area contributed by atoms with E-state index in [0.717, 1.165) is 44.9 Å². The van der Waals surface area contributed by atoms with Crippen molar-refractivity contribution in [3.05, 3.63) is 12.2 Å². The molecule has 0 aliphatic heterocycles. The van der Waals surface area contributed by atoms with Gasteiger partial charge in [0.1, 0.15) is 0 Å². The molecule has 452 valence electrons. The van der Waals surface area contributed by atoms with E-state index in [0.29, 0.717) is 25.9 Å². The summed E-state index contributed by atoms with van der Waals surface area (Å²) in [4.78, 5) is 24.5. The summed E-state index contributed by atoms with van der Waals surface area (Å²) in [6.07, 6.45) is 81.3. The number of esters is 1. The Bertz CT molecular complexity index is 1140. The first-order valence-electron chi connectivity index (χ1n) is 34.9. The number of amides is 1. The van der Waals surface area contributed by atoms with Crippen LogP contribution in [0.4, 0.5) is 0 Å². The predicted molar refractivity (Wildman–Crippen MR) is 333 cm³/mol. The minimum absolute atomic E-state index is 0.0126. The highest BCUT2D eigenvalue weighted by Gasteiger charge is 2.20. The first kappa shape index (κ1) is 74.6. The quantitative estimate of drug-likeness (QED) is 0.0320. The maximum absolute atomic E-state index is 12.5. The fourth-order valence-electron chi connectivity index (χ4n) is 11.2. The summed E-state index contributed by atoms with van der Waals surface area (Å²) in [6, 6.07) is -0.536. The molecule has 0 aliphatic rings. The van der Waals surface area contributed by atoms with Crippen molar-refractivity contribution in [2.75, 3.05) is 13.2 Å². The third-order valence-electron chi connectivity index (χ3n) is 16.6. The van der Waals surface area contributed by atoms with Gasteiger partial charge in [0, 0.05) is 12.8 Å². The van der Waals surface area contributed by atoms with E-state index in [9.17, 15) is 19.8 Å². The Morgan fingerprint density at radius 2 is 0.618 bits per heavy atom. The van der Waals surface area contributed by atoms with Gasteiger partial charge in [0.25, 0.3) is 0 Å². The molecule has 76 heavy (non-hydrogen) atoms. The number of rotatable bonds is 66. The topological polar surface area (TPSA) is 95.9 Å². The molecular formula is C70H137NO5. The van der Waals surface area contributed by atoms with E-state index in [1.807, 2.05) is 0 Å². The highest BCUT2D eigenvalue weighted by Crippen LogP contribution is 2.19. The summed E-state index contributed by atoms with van der Waals surface area (Å²) in [5, 5.41) is 23.3. The van der Waals surface area contributed by atoms with Crippen LogP contribution in [-0.2, 0) is 14.3 Å². The Morgan fingerprint density at radius 3 is 0.947 bits per heavy atom. The molecule has 0 heterocycles. The van der Waals surface area contributed by atoms with Crippen molar-refractivity contribution >= 4 is 11.9 Å². The molecule has 0 bridgehead atoms. The van der Waals surface area contributed by atoms with Crippen LogP contribution in [-0.4, -0.2) is 47.4 Å². The van der Waals surface area contributed by atoms with Crippen LogP contribution in [0.15, 0.2) is 12.2 Å². The van der Waals surface area contributed by atoms with Crippen LogP contribution in [0.1, 0.15) is 399 Å². The molecule has 0 saturated carbocycles. The number of ether oxygens (including phenoxy) is 1. The number of carbonyl (C=O) groups excluding carboxylic acids is 2. The summed E-state index contributed by atoms with van der Waals surface area (Å²) in [5.41, 5.74) is 0. The van der Waals surface area contributed by atoms with Crippen molar-refractivity contribution in [1.82, 2.24) is 5.32 Å². The van der Waals surface area contributed by atoms with Gasteiger partial charge in [-0.1, -0.05) is 347 Å². The van der Waals surface area contributed by atoms with Gasteiger partial charge in [-0.05, 0) is 51.4 Å². The van der Waals surface area contributed by atoms with E-state index < -0.39 is 12.1 Å². The zero-order chi connectivity index (χ0) is 55.0. The molecule has 0 aliphatic carbocycles. The number of nitrogens with one attached hydrogen (secondary N) is 1. The van der Waals surface area contributed by atoms with Crippen LogP contribution in [0.25, 0.3) is 0 Å². The van der Waals surface area contributed by atoms with Crippen LogP contribution in [0, 0.1) is 0 Å². The van der Waals surface area contributed by atoms with Gasteiger partial charge in [-0.25, -0.2) is 0 Å². The van der Waals surface area contributed by atoms with Crippen molar-refractivity contribution in [1.29, 1.82) is 0 Å². The minimum Gasteiger partial charge on any atom is -0.466 e. The summed E-state index contributed by atoms with van der Waals surface area (Å²) >= 11 is 0. The van der Waals surface area contributed by atoms with Gasteiger partial charge in [-0.15, -0.1) is 0 Å². The van der Waals surface area contributed by atoms with Crippen molar-refractivity contribution in [2.45, 2.75) is 411 Å². The molecule has 0 spiro atoms. The first-order valence-corrected chi connectivity index (χ1v) is 34.9. The van der Waals surface area contributed by atoms with Crippen molar-refractivity contribution in [3.63, 3.8) is 0 Å². The molecule has 0 aromatic carbocycles. The smallest absolute Gasteiger partial charge is 0.305 e. The third kappa shape index (κ3) is 61.8. The van der Waals surface area contributed by atoms with E-state index in [1.165, 1.54) is 321 Å². The maximum Gasteiger partial charge on any atom is 0.305 e. The highest BCUT2D eigenvalue weighted by atomic mass is 16.5. The molecule has 0 aromatic heterocycles. The summed E-state index contributed by atoms with van der Waals surface area (Å²) in [5.74, 6) is -0.0150. The van der Waals surface area contributed by atoms with Crippen LogP contribution in [0.3, 0.4) is 0 Å². The SMILES string of the molecule is CCCCCC/C=C\CCCCCCCC(=O)OCCCCCCCCCCCCCCCCCCCCCCCCCCCCCCCCCCC(=O)NC(CO)C(O)CCCCCCCCCCCCCCCC.